The first kappa shape index (κ1) is 60.0. The zero-order valence-corrected chi connectivity index (χ0v) is 44.7. The van der Waals surface area contributed by atoms with E-state index in [0.717, 1.165) is 22.3 Å². The number of carboxylic acid groups (broad SMARTS) is 1. The Bertz CT molecular complexity index is 2350. The molecule has 2 aromatic carbocycles. The number of nitrogens with one attached hydrogen (secondary N) is 1. The first-order chi connectivity index (χ1) is 36.6. The Morgan fingerprint density at radius 2 is 1.03 bits per heavy atom. The molecule has 15 atom stereocenters. The normalized spacial score (nSPS) is 29.1. The lowest BCUT2D eigenvalue weighted by atomic mass is 9.88. The highest BCUT2D eigenvalue weighted by Gasteiger charge is 2.54. The fraction of sp³-hybridized carbons (Fsp3) is 0.630. The Labute approximate surface area is 446 Å². The summed E-state index contributed by atoms with van der Waals surface area (Å²) in [6.07, 6.45) is -12.4. The second-order valence-corrected chi connectivity index (χ2v) is 19.7. The van der Waals surface area contributed by atoms with Crippen molar-refractivity contribution in [2.24, 2.45) is 17.8 Å². The highest BCUT2D eigenvalue weighted by atomic mass is 16.8. The Balaban J connectivity index is 1.12. The molecule has 424 valence electrons. The minimum atomic E-state index is -1.44. The van der Waals surface area contributed by atoms with Gasteiger partial charge in [-0.15, -0.1) is 0 Å². The first-order valence-corrected chi connectivity index (χ1v) is 25.8. The third-order valence-corrected chi connectivity index (χ3v) is 13.7. The molecule has 3 heterocycles. The van der Waals surface area contributed by atoms with Gasteiger partial charge in [-0.1, -0.05) is 69.3 Å². The fourth-order valence-corrected chi connectivity index (χ4v) is 10.2. The van der Waals surface area contributed by atoms with E-state index >= 15 is 0 Å². The molecule has 77 heavy (non-hydrogen) atoms. The lowest BCUT2D eigenvalue weighted by molar-refractivity contribution is -0.361. The molecule has 0 bridgehead atoms. The largest absolute Gasteiger partial charge is 0.480 e. The van der Waals surface area contributed by atoms with Crippen LogP contribution >= 0.6 is 0 Å². The lowest BCUT2D eigenvalue weighted by Crippen LogP contribution is -2.63. The molecule has 0 spiro atoms. The summed E-state index contributed by atoms with van der Waals surface area (Å²) in [4.78, 5) is 99.0. The van der Waals surface area contributed by atoms with Crippen molar-refractivity contribution in [2.45, 2.75) is 168 Å². The van der Waals surface area contributed by atoms with Crippen LogP contribution in [0, 0.1) is 17.8 Å². The van der Waals surface area contributed by atoms with Crippen molar-refractivity contribution in [2.75, 3.05) is 33.0 Å². The Morgan fingerprint density at radius 3 is 1.53 bits per heavy atom. The van der Waals surface area contributed by atoms with Crippen molar-refractivity contribution < 1.29 is 105 Å². The van der Waals surface area contributed by atoms with Gasteiger partial charge in [-0.3, -0.25) is 28.8 Å². The summed E-state index contributed by atoms with van der Waals surface area (Å²) < 4.78 is 77.2. The second-order valence-electron chi connectivity index (χ2n) is 19.7. The van der Waals surface area contributed by atoms with E-state index < -0.39 is 133 Å². The van der Waals surface area contributed by atoms with Crippen molar-refractivity contribution in [1.29, 1.82) is 0 Å². The van der Waals surface area contributed by atoms with Gasteiger partial charge >= 0.3 is 47.9 Å². The number of rotatable bonds is 23. The van der Waals surface area contributed by atoms with Gasteiger partial charge in [-0.2, -0.15) is 0 Å². The maximum atomic E-state index is 13.0. The molecular weight excluding hydrogens is 1010 g/mol. The van der Waals surface area contributed by atoms with Gasteiger partial charge < -0.3 is 72.0 Å². The van der Waals surface area contributed by atoms with E-state index in [1.165, 1.54) is 41.5 Å². The van der Waals surface area contributed by atoms with Gasteiger partial charge in [0.05, 0.1) is 12.2 Å². The van der Waals surface area contributed by atoms with Gasteiger partial charge in [0.15, 0.2) is 31.1 Å². The first-order valence-electron chi connectivity index (χ1n) is 25.8. The molecule has 0 saturated carbocycles. The third-order valence-electron chi connectivity index (χ3n) is 13.7. The predicted molar refractivity (Wildman–Crippen MR) is 264 cm³/mol. The van der Waals surface area contributed by atoms with Gasteiger partial charge in [0.1, 0.15) is 56.9 Å². The number of unbranched alkanes of at least 4 members (excludes halogenated alkanes) is 1. The number of hydrogen-bond acceptors (Lipinski definition) is 21. The zero-order chi connectivity index (χ0) is 56.1. The summed E-state index contributed by atoms with van der Waals surface area (Å²) in [5.41, 5.74) is 4.11. The quantitative estimate of drug-likeness (QED) is 0.0850. The third kappa shape index (κ3) is 16.4. The van der Waals surface area contributed by atoms with E-state index in [1.54, 1.807) is 13.8 Å². The van der Waals surface area contributed by atoms with Crippen molar-refractivity contribution in [3.63, 3.8) is 0 Å². The molecule has 14 unspecified atom stereocenters. The lowest BCUT2D eigenvalue weighted by Gasteiger charge is -2.49. The van der Waals surface area contributed by atoms with Gasteiger partial charge in [0.25, 0.3) is 0 Å². The molecule has 2 N–H and O–H groups in total. The van der Waals surface area contributed by atoms with Crippen LogP contribution < -0.4 is 5.32 Å². The number of amides is 1. The van der Waals surface area contributed by atoms with Crippen LogP contribution in [0.1, 0.15) is 105 Å². The number of carboxylic acids is 1. The Hall–Kier alpha value is -6.24. The van der Waals surface area contributed by atoms with Crippen LogP contribution in [-0.2, 0) is 95.1 Å². The van der Waals surface area contributed by atoms with Gasteiger partial charge in [-0.25, -0.2) is 9.59 Å². The summed E-state index contributed by atoms with van der Waals surface area (Å²) in [7, 11) is 0. The zero-order valence-electron chi connectivity index (χ0n) is 44.7. The molecule has 0 radical (unpaired) electrons. The number of carbonyl (C=O) groups is 8. The molecule has 1 aliphatic carbocycles. The SMILES string of the molecule is CC(=O)OCC1OC(OC2C(COC(C)=O)OC(OC3C(COC(C)=O)OC(OCCCC[C@H](NC(=O)OCC4c5ccccc5-c5ccccc54)C(=O)O)C(OC(C)=O)C3C)C(OC(C)=O)C2C)CC(C)C1OC(C)=O. The number of esters is 6. The van der Waals surface area contributed by atoms with Crippen LogP contribution in [0.15, 0.2) is 48.5 Å². The molecule has 4 aliphatic rings. The average Bonchev–Trinajstić information content (AvgIpc) is 3.68. The van der Waals surface area contributed by atoms with E-state index in [-0.39, 0.29) is 70.6 Å². The highest BCUT2D eigenvalue weighted by molar-refractivity contribution is 5.81. The highest BCUT2D eigenvalue weighted by Crippen LogP contribution is 2.45. The van der Waals surface area contributed by atoms with Crippen molar-refractivity contribution >= 4 is 47.9 Å². The monoisotopic (exact) mass is 1090 g/mol. The number of fused-ring (bicyclic) bond motifs is 3. The summed E-state index contributed by atoms with van der Waals surface area (Å²) >= 11 is 0. The maximum Gasteiger partial charge on any atom is 0.407 e. The van der Waals surface area contributed by atoms with E-state index in [2.05, 4.69) is 5.32 Å². The molecule has 23 heteroatoms. The molecule has 2 aromatic rings. The van der Waals surface area contributed by atoms with Gasteiger partial charge in [-0.05, 0) is 41.5 Å². The Morgan fingerprint density at radius 1 is 0.558 bits per heavy atom. The van der Waals surface area contributed by atoms with Crippen LogP contribution in [0.3, 0.4) is 0 Å². The molecule has 0 aromatic heterocycles. The van der Waals surface area contributed by atoms with Crippen molar-refractivity contribution in [3.8, 4) is 11.1 Å². The Kier molecular flexibility index (Phi) is 21.7. The average molecular weight is 1090 g/mol. The summed E-state index contributed by atoms with van der Waals surface area (Å²) in [5, 5.41) is 12.5. The van der Waals surface area contributed by atoms with E-state index in [9.17, 15) is 43.5 Å². The topological polar surface area (TPSA) is 289 Å². The number of ether oxygens (including phenoxy) is 13. The minimum absolute atomic E-state index is 0.0000284. The van der Waals surface area contributed by atoms with Gasteiger partial charge in [0, 0.05) is 78.2 Å². The number of alkyl carbamates (subject to hydrolysis) is 1. The number of benzene rings is 2. The summed E-state index contributed by atoms with van der Waals surface area (Å²) in [6, 6.07) is 14.4. The summed E-state index contributed by atoms with van der Waals surface area (Å²) in [5.74, 6) is -7.33. The predicted octanol–water partition coefficient (Wildman–Crippen LogP) is 4.89. The van der Waals surface area contributed by atoms with E-state index in [4.69, 9.17) is 61.6 Å². The van der Waals surface area contributed by atoms with Crippen LogP contribution in [-0.4, -0.2) is 160 Å². The molecule has 3 saturated heterocycles. The summed E-state index contributed by atoms with van der Waals surface area (Å²) in [6.45, 7) is 11.4. The number of carbonyl (C=O) groups excluding carboxylic acids is 7. The van der Waals surface area contributed by atoms with Crippen LogP contribution in [0.4, 0.5) is 4.79 Å². The standard InChI is InChI=1S/C54H71NO22/c1-27-22-45(73-42(24-66-30(4)56)46(27)70-33(7)59)76-47-28(2)50(72-35(9)61)53(75-43(47)25-67-31(5)57)77-48-29(3)49(71-34(8)60)52(74-44(48)26-68-32(6)58)65-21-15-14-20-41(51(62)63)55-54(64)69-23-40-38-18-12-10-16-36(38)37-17-11-13-19-39(37)40/h10-13,16-19,27-29,40-50,52-53H,14-15,20-26H2,1-9H3,(H,55,64)(H,62,63)/t27?,28?,29?,41-,42?,43?,44?,45?,46?,47?,48?,49?,50?,52?,53?/m0/s1. The smallest absolute Gasteiger partial charge is 0.407 e. The van der Waals surface area contributed by atoms with Crippen LogP contribution in [0.5, 0.6) is 0 Å². The second kappa shape index (κ2) is 27.9. The van der Waals surface area contributed by atoms with Crippen LogP contribution in [0.2, 0.25) is 0 Å². The fourth-order valence-electron chi connectivity index (χ4n) is 10.2. The maximum absolute atomic E-state index is 13.0. The van der Waals surface area contributed by atoms with Crippen molar-refractivity contribution in [1.82, 2.24) is 5.32 Å². The van der Waals surface area contributed by atoms with Crippen molar-refractivity contribution in [3.05, 3.63) is 59.7 Å². The molecule has 1 amide bonds. The van der Waals surface area contributed by atoms with E-state index in [1.807, 2.05) is 55.5 Å². The molecular formula is C54H71NO22. The molecule has 3 fully saturated rings. The molecule has 3 aliphatic heterocycles. The minimum Gasteiger partial charge on any atom is -0.480 e. The molecule has 6 rings (SSSR count). The number of hydrogen-bond donors (Lipinski definition) is 2. The van der Waals surface area contributed by atoms with E-state index in [0.29, 0.717) is 0 Å². The van der Waals surface area contributed by atoms with Gasteiger partial charge in [0.2, 0.25) is 0 Å². The number of aliphatic carboxylic acids is 1. The molecule has 23 nitrogen and oxygen atoms in total. The van der Waals surface area contributed by atoms with Crippen LogP contribution in [0.25, 0.3) is 11.1 Å².